The maximum absolute atomic E-state index is 12.5. The Morgan fingerprint density at radius 2 is 2.00 bits per heavy atom. The number of hydrogen-bond acceptors (Lipinski definition) is 3. The molecule has 0 aromatic heterocycles. The highest BCUT2D eigenvalue weighted by Crippen LogP contribution is 2.21. The summed E-state index contributed by atoms with van der Waals surface area (Å²) in [6, 6.07) is -0.0133. The molecule has 3 unspecified atom stereocenters. The number of nitrogens with zero attached hydrogens (tertiary/aromatic N) is 1. The molecule has 1 rings (SSSR count). The van der Waals surface area contributed by atoms with Crippen molar-refractivity contribution in [3.63, 3.8) is 0 Å². The van der Waals surface area contributed by atoms with E-state index in [1.54, 1.807) is 0 Å². The van der Waals surface area contributed by atoms with Crippen molar-refractivity contribution in [3.05, 3.63) is 0 Å². The van der Waals surface area contributed by atoms with Crippen molar-refractivity contribution in [3.8, 4) is 0 Å². The van der Waals surface area contributed by atoms with Crippen LogP contribution >= 0.6 is 0 Å². The minimum atomic E-state index is -0.0133. The second-order valence-corrected chi connectivity index (χ2v) is 5.79. The van der Waals surface area contributed by atoms with Gasteiger partial charge in [-0.2, -0.15) is 0 Å². The molecule has 19 heavy (non-hydrogen) atoms. The van der Waals surface area contributed by atoms with Gasteiger partial charge in [0, 0.05) is 6.54 Å². The average molecular weight is 270 g/mol. The topological polar surface area (TPSA) is 41.6 Å². The Balaban J connectivity index is 2.60. The predicted molar refractivity (Wildman–Crippen MR) is 77.9 cm³/mol. The van der Waals surface area contributed by atoms with Crippen LogP contribution < -0.4 is 5.32 Å². The predicted octanol–water partition coefficient (Wildman–Crippen LogP) is 2.38. The average Bonchev–Trinajstić information content (AvgIpc) is 2.67. The Morgan fingerprint density at radius 1 is 1.32 bits per heavy atom. The maximum Gasteiger partial charge on any atom is 0.241 e. The van der Waals surface area contributed by atoms with E-state index < -0.39 is 0 Å². The van der Waals surface area contributed by atoms with Crippen molar-refractivity contribution in [1.29, 1.82) is 0 Å². The molecule has 1 N–H and O–H groups in total. The monoisotopic (exact) mass is 270 g/mol. The molecule has 112 valence electrons. The second kappa shape index (κ2) is 7.85. The van der Waals surface area contributed by atoms with Gasteiger partial charge in [-0.05, 0) is 26.2 Å². The zero-order chi connectivity index (χ0) is 14.4. The molecular weight excluding hydrogens is 240 g/mol. The van der Waals surface area contributed by atoms with E-state index >= 15 is 0 Å². The Labute approximate surface area is 117 Å². The van der Waals surface area contributed by atoms with Crippen molar-refractivity contribution in [2.24, 2.45) is 5.92 Å². The molecule has 1 aliphatic heterocycles. The minimum absolute atomic E-state index is 0.0133. The first-order valence-corrected chi connectivity index (χ1v) is 7.69. The Morgan fingerprint density at radius 3 is 2.53 bits per heavy atom. The van der Waals surface area contributed by atoms with Crippen LogP contribution in [0.1, 0.15) is 53.9 Å². The van der Waals surface area contributed by atoms with Crippen LogP contribution in [0.4, 0.5) is 0 Å². The van der Waals surface area contributed by atoms with Gasteiger partial charge in [-0.25, -0.2) is 0 Å². The summed E-state index contributed by atoms with van der Waals surface area (Å²) in [5.74, 6) is 0.642. The molecule has 0 aromatic rings. The van der Waals surface area contributed by atoms with Gasteiger partial charge in [-0.1, -0.05) is 33.6 Å². The molecule has 1 saturated heterocycles. The van der Waals surface area contributed by atoms with Crippen LogP contribution in [0.15, 0.2) is 0 Å². The first-order valence-electron chi connectivity index (χ1n) is 7.69. The summed E-state index contributed by atoms with van der Waals surface area (Å²) in [7, 11) is 0. The van der Waals surface area contributed by atoms with Gasteiger partial charge in [0.2, 0.25) is 5.91 Å². The van der Waals surface area contributed by atoms with Crippen LogP contribution in [0.25, 0.3) is 0 Å². The molecule has 0 bridgehead atoms. The highest BCUT2D eigenvalue weighted by Gasteiger charge is 2.40. The van der Waals surface area contributed by atoms with Crippen LogP contribution in [0.3, 0.4) is 0 Å². The SMILES string of the molecule is CCCC1NC(C(C)CC)C(=O)N1CCOC(C)C. The lowest BCUT2D eigenvalue weighted by atomic mass is 9.99. The van der Waals surface area contributed by atoms with Gasteiger partial charge in [-0.15, -0.1) is 0 Å². The molecule has 1 fully saturated rings. The van der Waals surface area contributed by atoms with Gasteiger partial charge in [0.25, 0.3) is 0 Å². The van der Waals surface area contributed by atoms with E-state index in [4.69, 9.17) is 4.74 Å². The summed E-state index contributed by atoms with van der Waals surface area (Å²) in [5.41, 5.74) is 0. The lowest BCUT2D eigenvalue weighted by molar-refractivity contribution is -0.131. The van der Waals surface area contributed by atoms with Gasteiger partial charge in [-0.3, -0.25) is 10.1 Å². The first-order chi connectivity index (χ1) is 9.01. The summed E-state index contributed by atoms with van der Waals surface area (Å²) in [4.78, 5) is 14.4. The fourth-order valence-corrected chi connectivity index (χ4v) is 2.51. The maximum atomic E-state index is 12.5. The van der Waals surface area contributed by atoms with Crippen LogP contribution in [-0.4, -0.2) is 42.3 Å². The smallest absolute Gasteiger partial charge is 0.241 e. The van der Waals surface area contributed by atoms with Crippen LogP contribution in [0.2, 0.25) is 0 Å². The van der Waals surface area contributed by atoms with Crippen molar-refractivity contribution in [2.75, 3.05) is 13.2 Å². The van der Waals surface area contributed by atoms with E-state index in [0.717, 1.165) is 19.3 Å². The van der Waals surface area contributed by atoms with E-state index in [-0.39, 0.29) is 24.2 Å². The van der Waals surface area contributed by atoms with Gasteiger partial charge in [0.1, 0.15) is 0 Å². The van der Waals surface area contributed by atoms with Gasteiger partial charge >= 0.3 is 0 Å². The molecule has 3 atom stereocenters. The summed E-state index contributed by atoms with van der Waals surface area (Å²) >= 11 is 0. The fourth-order valence-electron chi connectivity index (χ4n) is 2.51. The molecule has 0 saturated carbocycles. The molecule has 0 aliphatic carbocycles. The molecule has 4 nitrogen and oxygen atoms in total. The Bertz CT molecular complexity index is 281. The lowest BCUT2D eigenvalue weighted by Gasteiger charge is -2.24. The van der Waals surface area contributed by atoms with Crippen molar-refractivity contribution >= 4 is 5.91 Å². The number of ether oxygens (including phenoxy) is 1. The Hall–Kier alpha value is -0.610. The normalized spacial score (nSPS) is 25.4. The largest absolute Gasteiger partial charge is 0.377 e. The van der Waals surface area contributed by atoms with Gasteiger partial charge in [0.15, 0.2) is 0 Å². The molecule has 0 radical (unpaired) electrons. The van der Waals surface area contributed by atoms with Crippen LogP contribution in [0, 0.1) is 5.92 Å². The summed E-state index contributed by atoms with van der Waals surface area (Å²) in [5, 5.41) is 3.50. The number of carbonyl (C=O) groups is 1. The zero-order valence-corrected chi connectivity index (χ0v) is 13.1. The molecular formula is C15H30N2O2. The summed E-state index contributed by atoms with van der Waals surface area (Å²) in [6.45, 7) is 11.8. The quantitative estimate of drug-likeness (QED) is 0.736. The third kappa shape index (κ3) is 4.46. The number of nitrogens with one attached hydrogen (secondary N) is 1. The van der Waals surface area contributed by atoms with Crippen molar-refractivity contribution in [2.45, 2.75) is 72.2 Å². The van der Waals surface area contributed by atoms with E-state index in [2.05, 4.69) is 26.1 Å². The van der Waals surface area contributed by atoms with Gasteiger partial charge < -0.3 is 9.64 Å². The third-order valence-electron chi connectivity index (χ3n) is 3.86. The highest BCUT2D eigenvalue weighted by molar-refractivity contribution is 5.84. The summed E-state index contributed by atoms with van der Waals surface area (Å²) in [6.07, 6.45) is 3.53. The van der Waals surface area contributed by atoms with E-state index in [9.17, 15) is 4.79 Å². The van der Waals surface area contributed by atoms with Crippen molar-refractivity contribution < 1.29 is 9.53 Å². The standard InChI is InChI=1S/C15H30N2O2/c1-6-8-13-16-14(12(5)7-2)15(18)17(13)9-10-19-11(3)4/h11-14,16H,6-10H2,1-5H3. The molecule has 0 spiro atoms. The number of hydrogen-bond donors (Lipinski definition) is 1. The molecule has 1 aliphatic rings. The molecule has 0 aromatic carbocycles. The zero-order valence-electron chi connectivity index (χ0n) is 13.1. The first kappa shape index (κ1) is 16.4. The van der Waals surface area contributed by atoms with E-state index in [1.165, 1.54) is 0 Å². The molecule has 1 heterocycles. The van der Waals surface area contributed by atoms with Gasteiger partial charge in [0.05, 0.1) is 24.9 Å². The number of amides is 1. The molecule has 1 amide bonds. The third-order valence-corrected chi connectivity index (χ3v) is 3.86. The highest BCUT2D eigenvalue weighted by atomic mass is 16.5. The number of rotatable bonds is 8. The Kier molecular flexibility index (Phi) is 6.80. The van der Waals surface area contributed by atoms with E-state index in [0.29, 0.717) is 19.1 Å². The summed E-state index contributed by atoms with van der Waals surface area (Å²) < 4.78 is 5.58. The second-order valence-electron chi connectivity index (χ2n) is 5.79. The van der Waals surface area contributed by atoms with Crippen LogP contribution in [-0.2, 0) is 9.53 Å². The molecule has 4 heteroatoms. The lowest BCUT2D eigenvalue weighted by Crippen LogP contribution is -2.39. The fraction of sp³-hybridized carbons (Fsp3) is 0.933. The minimum Gasteiger partial charge on any atom is -0.377 e. The van der Waals surface area contributed by atoms with E-state index in [1.807, 2.05) is 18.7 Å². The van der Waals surface area contributed by atoms with Crippen molar-refractivity contribution in [1.82, 2.24) is 10.2 Å². The van der Waals surface area contributed by atoms with Crippen LogP contribution in [0.5, 0.6) is 0 Å². The number of carbonyl (C=O) groups excluding carboxylic acids is 1.